The summed E-state index contributed by atoms with van der Waals surface area (Å²) in [6.07, 6.45) is 1.84. The van der Waals surface area contributed by atoms with Crippen LogP contribution in [0.4, 0.5) is 4.39 Å². The van der Waals surface area contributed by atoms with Gasteiger partial charge in [0, 0.05) is 18.3 Å². The van der Waals surface area contributed by atoms with Crippen LogP contribution in [0.1, 0.15) is 6.92 Å². The molecule has 0 amide bonds. The fourth-order valence-electron chi connectivity index (χ4n) is 1.74. The van der Waals surface area contributed by atoms with Crippen molar-refractivity contribution in [1.29, 1.82) is 0 Å². The molecule has 0 fully saturated rings. The van der Waals surface area contributed by atoms with Gasteiger partial charge in [-0.2, -0.15) is 10.1 Å². The van der Waals surface area contributed by atoms with Crippen LogP contribution in [-0.4, -0.2) is 19.9 Å². The Morgan fingerprint density at radius 3 is 2.70 bits per heavy atom. The lowest BCUT2D eigenvalue weighted by molar-refractivity contribution is 0.430. The average molecular weight is 337 g/mol. The van der Waals surface area contributed by atoms with E-state index in [1.807, 2.05) is 13.1 Å². The van der Waals surface area contributed by atoms with Gasteiger partial charge in [-0.15, -0.1) is 0 Å². The van der Waals surface area contributed by atoms with Crippen LogP contribution in [0.5, 0.6) is 0 Å². The first-order valence-electron chi connectivity index (χ1n) is 6.00. The first-order chi connectivity index (χ1) is 9.67. The molecule has 102 valence electrons. The average Bonchev–Trinajstić information content (AvgIpc) is 3.06. The maximum Gasteiger partial charge on any atom is 0.279 e. The number of hydrogen-bond donors (Lipinski definition) is 0. The van der Waals surface area contributed by atoms with Crippen molar-refractivity contribution in [3.05, 3.63) is 40.8 Å². The third-order valence-electron chi connectivity index (χ3n) is 2.77. The summed E-state index contributed by atoms with van der Waals surface area (Å²) in [6.45, 7) is 2.73. The van der Waals surface area contributed by atoms with Crippen molar-refractivity contribution >= 4 is 15.9 Å². The van der Waals surface area contributed by atoms with Gasteiger partial charge in [0.2, 0.25) is 5.82 Å². The molecule has 0 saturated carbocycles. The van der Waals surface area contributed by atoms with Gasteiger partial charge in [0.05, 0.1) is 4.47 Å². The Morgan fingerprint density at radius 2 is 2.05 bits per heavy atom. The van der Waals surface area contributed by atoms with Crippen LogP contribution in [0.3, 0.4) is 0 Å². The van der Waals surface area contributed by atoms with Crippen LogP contribution in [0.15, 0.2) is 39.5 Å². The molecular formula is C13H10BrFN4O. The maximum absolute atomic E-state index is 12.9. The smallest absolute Gasteiger partial charge is 0.279 e. The topological polar surface area (TPSA) is 56.7 Å². The van der Waals surface area contributed by atoms with Gasteiger partial charge in [-0.3, -0.25) is 4.68 Å². The van der Waals surface area contributed by atoms with E-state index in [9.17, 15) is 4.39 Å². The second-order valence-electron chi connectivity index (χ2n) is 4.11. The predicted molar refractivity (Wildman–Crippen MR) is 74.3 cm³/mol. The van der Waals surface area contributed by atoms with E-state index in [-0.39, 0.29) is 5.82 Å². The van der Waals surface area contributed by atoms with Gasteiger partial charge in [0.15, 0.2) is 5.69 Å². The largest absolute Gasteiger partial charge is 0.332 e. The van der Waals surface area contributed by atoms with Crippen molar-refractivity contribution in [1.82, 2.24) is 19.9 Å². The molecule has 2 aromatic heterocycles. The molecule has 0 aliphatic carbocycles. The van der Waals surface area contributed by atoms with E-state index in [2.05, 4.69) is 31.2 Å². The normalized spacial score (nSPS) is 10.9. The van der Waals surface area contributed by atoms with Crippen molar-refractivity contribution in [2.45, 2.75) is 13.5 Å². The lowest BCUT2D eigenvalue weighted by Gasteiger charge is -1.92. The summed E-state index contributed by atoms with van der Waals surface area (Å²) < 4.78 is 20.6. The Bertz CT molecular complexity index is 735. The van der Waals surface area contributed by atoms with Crippen molar-refractivity contribution in [3.63, 3.8) is 0 Å². The Labute approximate surface area is 122 Å². The highest BCUT2D eigenvalue weighted by atomic mass is 79.9. The molecule has 2 heterocycles. The summed E-state index contributed by atoms with van der Waals surface area (Å²) in [5.74, 6) is 0.420. The zero-order chi connectivity index (χ0) is 14.1. The number of halogens is 2. The minimum absolute atomic E-state index is 0.304. The van der Waals surface area contributed by atoms with E-state index >= 15 is 0 Å². The van der Waals surface area contributed by atoms with Gasteiger partial charge in [-0.05, 0) is 47.1 Å². The van der Waals surface area contributed by atoms with Crippen LogP contribution in [0, 0.1) is 5.82 Å². The summed E-state index contributed by atoms with van der Waals surface area (Å²) in [7, 11) is 0. The predicted octanol–water partition coefficient (Wildman–Crippen LogP) is 3.52. The molecular weight excluding hydrogens is 327 g/mol. The molecule has 0 spiro atoms. The summed E-state index contributed by atoms with van der Waals surface area (Å²) in [5.41, 5.74) is 1.28. The highest BCUT2D eigenvalue weighted by Gasteiger charge is 2.16. The Morgan fingerprint density at radius 1 is 1.30 bits per heavy atom. The molecule has 0 N–H and O–H groups in total. The monoisotopic (exact) mass is 336 g/mol. The number of rotatable bonds is 3. The number of aryl methyl sites for hydroxylation is 1. The SMILES string of the molecule is CCn1cc(Br)c(-c2nc(-c3ccc(F)cc3)no2)n1. The minimum atomic E-state index is -0.304. The number of nitrogens with zero attached hydrogens (tertiary/aromatic N) is 4. The second-order valence-corrected chi connectivity index (χ2v) is 4.97. The van der Waals surface area contributed by atoms with Gasteiger partial charge in [0.1, 0.15) is 5.82 Å². The van der Waals surface area contributed by atoms with Crippen LogP contribution >= 0.6 is 15.9 Å². The molecule has 0 saturated heterocycles. The highest BCUT2D eigenvalue weighted by Crippen LogP contribution is 2.27. The third-order valence-corrected chi connectivity index (χ3v) is 3.35. The van der Waals surface area contributed by atoms with Crippen LogP contribution in [-0.2, 0) is 6.54 Å². The van der Waals surface area contributed by atoms with E-state index in [1.54, 1.807) is 16.8 Å². The molecule has 3 rings (SSSR count). The Balaban J connectivity index is 1.97. The molecule has 20 heavy (non-hydrogen) atoms. The van der Waals surface area contributed by atoms with E-state index in [1.165, 1.54) is 12.1 Å². The van der Waals surface area contributed by atoms with Crippen LogP contribution in [0.2, 0.25) is 0 Å². The molecule has 0 radical (unpaired) electrons. The van der Waals surface area contributed by atoms with Crippen molar-refractivity contribution in [2.24, 2.45) is 0 Å². The molecule has 1 aromatic carbocycles. The second kappa shape index (κ2) is 5.16. The third kappa shape index (κ3) is 2.36. The van der Waals surface area contributed by atoms with E-state index in [0.717, 1.165) is 11.0 Å². The van der Waals surface area contributed by atoms with Gasteiger partial charge >= 0.3 is 0 Å². The first kappa shape index (κ1) is 13.0. The van der Waals surface area contributed by atoms with Crippen molar-refractivity contribution in [3.8, 4) is 23.0 Å². The number of hydrogen-bond acceptors (Lipinski definition) is 4. The van der Waals surface area contributed by atoms with Gasteiger partial charge in [-0.25, -0.2) is 4.39 Å². The standard InChI is InChI=1S/C13H10BrFN4O/c1-2-19-7-10(14)11(17-19)13-16-12(18-20-13)8-3-5-9(15)6-4-8/h3-7H,2H2,1H3. The van der Waals surface area contributed by atoms with Crippen molar-refractivity contribution in [2.75, 3.05) is 0 Å². The van der Waals surface area contributed by atoms with Crippen LogP contribution in [0.25, 0.3) is 23.0 Å². The molecule has 7 heteroatoms. The minimum Gasteiger partial charge on any atom is -0.332 e. The zero-order valence-corrected chi connectivity index (χ0v) is 12.1. The molecule has 0 bridgehead atoms. The zero-order valence-electron chi connectivity index (χ0n) is 10.5. The highest BCUT2D eigenvalue weighted by molar-refractivity contribution is 9.10. The van der Waals surface area contributed by atoms with Crippen molar-refractivity contribution < 1.29 is 8.91 Å². The summed E-state index contributed by atoms with van der Waals surface area (Å²) in [5, 5.41) is 8.22. The first-order valence-corrected chi connectivity index (χ1v) is 6.79. The molecule has 0 atom stereocenters. The van der Waals surface area contributed by atoms with Gasteiger partial charge in [-0.1, -0.05) is 5.16 Å². The lowest BCUT2D eigenvalue weighted by atomic mass is 10.2. The number of aromatic nitrogens is 4. The summed E-state index contributed by atoms with van der Waals surface area (Å²) in [6, 6.07) is 5.91. The fraction of sp³-hybridized carbons (Fsp3) is 0.154. The van der Waals surface area contributed by atoms with Gasteiger partial charge in [0.25, 0.3) is 5.89 Å². The summed E-state index contributed by atoms with van der Waals surface area (Å²) in [4.78, 5) is 4.28. The lowest BCUT2D eigenvalue weighted by Crippen LogP contribution is -1.93. The van der Waals surface area contributed by atoms with E-state index < -0.39 is 0 Å². The maximum atomic E-state index is 12.9. The summed E-state index contributed by atoms with van der Waals surface area (Å²) >= 11 is 3.41. The Hall–Kier alpha value is -2.02. The van der Waals surface area contributed by atoms with Gasteiger partial charge < -0.3 is 4.52 Å². The Kier molecular flexibility index (Phi) is 3.35. The van der Waals surface area contributed by atoms with E-state index in [0.29, 0.717) is 23.0 Å². The van der Waals surface area contributed by atoms with E-state index in [4.69, 9.17) is 4.52 Å². The number of benzene rings is 1. The fourth-order valence-corrected chi connectivity index (χ4v) is 2.23. The molecule has 0 aliphatic heterocycles. The quantitative estimate of drug-likeness (QED) is 0.734. The molecule has 0 unspecified atom stereocenters. The van der Waals surface area contributed by atoms with Crippen LogP contribution < -0.4 is 0 Å². The molecule has 5 nitrogen and oxygen atoms in total. The molecule has 0 aliphatic rings. The molecule has 3 aromatic rings.